The van der Waals surface area contributed by atoms with Crippen molar-refractivity contribution in [3.63, 3.8) is 0 Å². The van der Waals surface area contributed by atoms with Gasteiger partial charge in [-0.1, -0.05) is 49.7 Å². The number of hydrogen-bond acceptors (Lipinski definition) is 3. The van der Waals surface area contributed by atoms with E-state index in [2.05, 4.69) is 43.3 Å². The average Bonchev–Trinajstić information content (AvgIpc) is 2.94. The molecule has 0 spiro atoms. The molecule has 39 heavy (non-hydrogen) atoms. The SMILES string of the molecule is CCC1CCC(c2ccc(O)cc2)(C2CCC(c3cc(C)c(O)c(C)c3)(c3cc(C)c(O)c(C)c3)CC2)CC1. The third kappa shape index (κ3) is 4.83. The molecule has 0 radical (unpaired) electrons. The fourth-order valence-corrected chi connectivity index (χ4v) is 8.20. The number of aryl methyl sites for hydroxylation is 4. The van der Waals surface area contributed by atoms with Crippen LogP contribution in [0, 0.1) is 39.5 Å². The minimum Gasteiger partial charge on any atom is -0.508 e. The van der Waals surface area contributed by atoms with Gasteiger partial charge in [-0.25, -0.2) is 0 Å². The standard InChI is InChI=1S/C36H46O3/c1-6-27-11-15-35(16-12-27,28-7-9-32(37)10-8-28)29-13-17-36(18-14-29,30-19-23(2)33(38)24(3)20-30)31-21-25(4)34(39)26(5)22-31/h7-10,19-22,27,29,37-39H,6,11-18H2,1-5H3. The molecule has 3 aromatic carbocycles. The summed E-state index contributed by atoms with van der Waals surface area (Å²) in [5.74, 6) is 2.53. The van der Waals surface area contributed by atoms with Gasteiger partial charge in [-0.05, 0) is 147 Å². The summed E-state index contributed by atoms with van der Waals surface area (Å²) in [6, 6.07) is 16.9. The lowest BCUT2D eigenvalue weighted by atomic mass is 9.53. The first-order valence-electron chi connectivity index (χ1n) is 15.0. The molecule has 0 amide bonds. The van der Waals surface area contributed by atoms with Crippen molar-refractivity contribution in [2.45, 2.75) is 103 Å². The monoisotopic (exact) mass is 526 g/mol. The zero-order valence-corrected chi connectivity index (χ0v) is 24.5. The van der Waals surface area contributed by atoms with Gasteiger partial charge in [-0.3, -0.25) is 0 Å². The molecule has 0 heterocycles. The first-order valence-corrected chi connectivity index (χ1v) is 15.0. The third-order valence-electron chi connectivity index (χ3n) is 10.7. The lowest BCUT2D eigenvalue weighted by Crippen LogP contribution is -2.44. The molecule has 208 valence electrons. The van der Waals surface area contributed by atoms with E-state index in [1.165, 1.54) is 48.8 Å². The Morgan fingerprint density at radius 2 is 1.05 bits per heavy atom. The molecule has 0 bridgehead atoms. The van der Waals surface area contributed by atoms with E-state index in [-0.39, 0.29) is 10.8 Å². The summed E-state index contributed by atoms with van der Waals surface area (Å²) in [7, 11) is 0. The Labute approximate surface area is 234 Å². The third-order valence-corrected chi connectivity index (χ3v) is 10.7. The summed E-state index contributed by atoms with van der Waals surface area (Å²) in [5.41, 5.74) is 7.69. The molecule has 0 atom stereocenters. The molecule has 0 aliphatic heterocycles. The van der Waals surface area contributed by atoms with Gasteiger partial charge in [-0.2, -0.15) is 0 Å². The molecule has 5 rings (SSSR count). The van der Waals surface area contributed by atoms with E-state index in [1.807, 2.05) is 39.8 Å². The van der Waals surface area contributed by atoms with Gasteiger partial charge in [0.15, 0.2) is 0 Å². The fourth-order valence-electron chi connectivity index (χ4n) is 8.20. The Morgan fingerprint density at radius 1 is 0.615 bits per heavy atom. The van der Waals surface area contributed by atoms with Crippen molar-refractivity contribution < 1.29 is 15.3 Å². The molecule has 3 heteroatoms. The van der Waals surface area contributed by atoms with Crippen LogP contribution in [0.2, 0.25) is 0 Å². The molecule has 0 unspecified atom stereocenters. The van der Waals surface area contributed by atoms with Crippen molar-refractivity contribution in [1.29, 1.82) is 0 Å². The smallest absolute Gasteiger partial charge is 0.121 e. The van der Waals surface area contributed by atoms with E-state index in [0.29, 0.717) is 23.2 Å². The first-order chi connectivity index (χ1) is 18.6. The van der Waals surface area contributed by atoms with Gasteiger partial charge >= 0.3 is 0 Å². The van der Waals surface area contributed by atoms with Crippen LogP contribution in [0.5, 0.6) is 17.2 Å². The van der Waals surface area contributed by atoms with E-state index < -0.39 is 0 Å². The van der Waals surface area contributed by atoms with Crippen molar-refractivity contribution in [3.05, 3.63) is 87.5 Å². The highest BCUT2D eigenvalue weighted by molar-refractivity contribution is 5.52. The minimum atomic E-state index is -0.153. The second-order valence-electron chi connectivity index (χ2n) is 12.8. The van der Waals surface area contributed by atoms with Gasteiger partial charge in [0.2, 0.25) is 0 Å². The number of phenols is 3. The van der Waals surface area contributed by atoms with Crippen LogP contribution in [0.3, 0.4) is 0 Å². The molecule has 3 N–H and O–H groups in total. The Balaban J connectivity index is 1.56. The summed E-state index contributed by atoms with van der Waals surface area (Å²) in [6.07, 6.45) is 10.6. The van der Waals surface area contributed by atoms with Gasteiger partial charge < -0.3 is 15.3 Å². The Kier molecular flexibility index (Phi) is 7.48. The number of hydrogen-bond donors (Lipinski definition) is 3. The normalized spacial score (nSPS) is 23.6. The highest BCUT2D eigenvalue weighted by Crippen LogP contribution is 2.56. The van der Waals surface area contributed by atoms with Crippen LogP contribution in [-0.2, 0) is 10.8 Å². The summed E-state index contributed by atoms with van der Waals surface area (Å²) < 4.78 is 0. The summed E-state index contributed by atoms with van der Waals surface area (Å²) in [5, 5.41) is 31.2. The minimum absolute atomic E-state index is 0.153. The van der Waals surface area contributed by atoms with E-state index in [4.69, 9.17) is 0 Å². The quantitative estimate of drug-likeness (QED) is 0.311. The maximum absolute atomic E-state index is 10.6. The van der Waals surface area contributed by atoms with Crippen LogP contribution in [0.4, 0.5) is 0 Å². The van der Waals surface area contributed by atoms with Crippen molar-refractivity contribution in [2.24, 2.45) is 11.8 Å². The molecule has 2 aliphatic carbocycles. The molecule has 2 aliphatic rings. The molecule has 2 fully saturated rings. The van der Waals surface area contributed by atoms with Crippen LogP contribution in [-0.4, -0.2) is 15.3 Å². The predicted octanol–water partition coefficient (Wildman–Crippen LogP) is 9.05. The summed E-state index contributed by atoms with van der Waals surface area (Å²) >= 11 is 0. The molecule has 0 aromatic heterocycles. The van der Waals surface area contributed by atoms with E-state index >= 15 is 0 Å². The predicted molar refractivity (Wildman–Crippen MR) is 160 cm³/mol. The van der Waals surface area contributed by atoms with Crippen molar-refractivity contribution in [2.75, 3.05) is 0 Å². The molecule has 3 aromatic rings. The number of aromatic hydroxyl groups is 3. The largest absolute Gasteiger partial charge is 0.508 e. The second kappa shape index (κ2) is 10.6. The lowest BCUT2D eigenvalue weighted by molar-refractivity contribution is 0.104. The maximum atomic E-state index is 10.6. The van der Waals surface area contributed by atoms with Crippen molar-refractivity contribution in [1.82, 2.24) is 0 Å². The van der Waals surface area contributed by atoms with Crippen LogP contribution in [0.1, 0.15) is 104 Å². The Bertz CT molecular complexity index is 1210. The first kappa shape index (κ1) is 27.6. The van der Waals surface area contributed by atoms with Crippen molar-refractivity contribution >= 4 is 0 Å². The summed E-state index contributed by atoms with van der Waals surface area (Å²) in [4.78, 5) is 0. The van der Waals surface area contributed by atoms with E-state index in [9.17, 15) is 15.3 Å². The van der Waals surface area contributed by atoms with Crippen LogP contribution >= 0.6 is 0 Å². The highest BCUT2D eigenvalue weighted by atomic mass is 16.3. The number of rotatable bonds is 5. The van der Waals surface area contributed by atoms with E-state index in [1.54, 1.807) is 0 Å². The van der Waals surface area contributed by atoms with Gasteiger partial charge in [0.05, 0.1) is 0 Å². The topological polar surface area (TPSA) is 60.7 Å². The van der Waals surface area contributed by atoms with Crippen LogP contribution in [0.25, 0.3) is 0 Å². The van der Waals surface area contributed by atoms with Crippen LogP contribution in [0.15, 0.2) is 48.5 Å². The second-order valence-corrected chi connectivity index (χ2v) is 12.8. The summed E-state index contributed by atoms with van der Waals surface area (Å²) in [6.45, 7) is 10.3. The van der Waals surface area contributed by atoms with Gasteiger partial charge in [0, 0.05) is 5.41 Å². The maximum Gasteiger partial charge on any atom is 0.121 e. The van der Waals surface area contributed by atoms with Gasteiger partial charge in [0.1, 0.15) is 17.2 Å². The van der Waals surface area contributed by atoms with Gasteiger partial charge in [0.25, 0.3) is 0 Å². The van der Waals surface area contributed by atoms with Gasteiger partial charge in [-0.15, -0.1) is 0 Å². The Hall–Kier alpha value is -2.94. The molecule has 2 saturated carbocycles. The number of phenolic OH excluding ortho intramolecular Hbond substituents is 3. The fraction of sp³-hybridized carbons (Fsp3) is 0.500. The zero-order chi connectivity index (χ0) is 27.9. The molecular formula is C36H46O3. The van der Waals surface area contributed by atoms with Crippen LogP contribution < -0.4 is 0 Å². The molecular weight excluding hydrogens is 480 g/mol. The number of benzene rings is 3. The van der Waals surface area contributed by atoms with Crippen molar-refractivity contribution in [3.8, 4) is 17.2 Å². The highest BCUT2D eigenvalue weighted by Gasteiger charge is 2.48. The molecule has 3 nitrogen and oxygen atoms in total. The average molecular weight is 527 g/mol. The van der Waals surface area contributed by atoms with E-state index in [0.717, 1.165) is 53.9 Å². The molecule has 0 saturated heterocycles. The lowest BCUT2D eigenvalue weighted by Gasteiger charge is -2.51. The Morgan fingerprint density at radius 3 is 1.46 bits per heavy atom. The zero-order valence-electron chi connectivity index (χ0n) is 24.5.